The van der Waals surface area contributed by atoms with Crippen molar-refractivity contribution in [2.45, 2.75) is 56.9 Å². The van der Waals surface area contributed by atoms with Crippen molar-refractivity contribution in [3.8, 4) is 11.1 Å². The number of nitrogens with zero attached hydrogens (tertiary/aromatic N) is 1. The number of nitrogens with one attached hydrogen (secondary N) is 2. The fourth-order valence-electron chi connectivity index (χ4n) is 3.82. The van der Waals surface area contributed by atoms with E-state index in [1.54, 1.807) is 18.2 Å². The van der Waals surface area contributed by atoms with E-state index in [2.05, 4.69) is 30.2 Å². The Balaban J connectivity index is 2.00. The molecular weight excluding hydrogens is 438 g/mol. The Bertz CT molecular complexity index is 937. The highest BCUT2D eigenvalue weighted by Gasteiger charge is 2.30. The SMILES string of the molecule is CCCCC[C@@H](C(=O)NCNC(=O)c1cccc(-c2cccc(S)c2)c1)[C@@H](CC)N(O)C=O. The molecule has 0 heterocycles. The van der Waals surface area contributed by atoms with Gasteiger partial charge in [-0.15, -0.1) is 12.6 Å². The van der Waals surface area contributed by atoms with Crippen LogP contribution in [0.5, 0.6) is 0 Å². The van der Waals surface area contributed by atoms with Gasteiger partial charge in [0.25, 0.3) is 5.91 Å². The Kier molecular flexibility index (Phi) is 10.9. The van der Waals surface area contributed by atoms with Gasteiger partial charge in [-0.1, -0.05) is 57.4 Å². The lowest BCUT2D eigenvalue weighted by atomic mass is 9.90. The quantitative estimate of drug-likeness (QED) is 0.0876. The second kappa shape index (κ2) is 13.6. The molecule has 0 saturated carbocycles. The number of rotatable bonds is 13. The normalized spacial score (nSPS) is 12.5. The predicted octanol–water partition coefficient (Wildman–Crippen LogP) is 4.27. The highest BCUT2D eigenvalue weighted by atomic mass is 32.1. The van der Waals surface area contributed by atoms with E-state index in [0.717, 1.165) is 35.3 Å². The number of thiol groups is 1. The molecule has 0 fully saturated rings. The van der Waals surface area contributed by atoms with Gasteiger partial charge in [0.15, 0.2) is 0 Å². The van der Waals surface area contributed by atoms with Gasteiger partial charge in [0.2, 0.25) is 12.3 Å². The van der Waals surface area contributed by atoms with Gasteiger partial charge in [-0.05, 0) is 48.2 Å². The molecular formula is C25H33N3O4S. The maximum absolute atomic E-state index is 12.8. The lowest BCUT2D eigenvalue weighted by molar-refractivity contribution is -0.168. The lowest BCUT2D eigenvalue weighted by Crippen LogP contribution is -2.47. The summed E-state index contributed by atoms with van der Waals surface area (Å²) in [5.74, 6) is -1.19. The summed E-state index contributed by atoms with van der Waals surface area (Å²) < 4.78 is 0. The second-order valence-electron chi connectivity index (χ2n) is 7.92. The Morgan fingerprint density at radius 3 is 2.39 bits per heavy atom. The first kappa shape index (κ1) is 26.4. The lowest BCUT2D eigenvalue weighted by Gasteiger charge is -2.29. The van der Waals surface area contributed by atoms with Crippen molar-refractivity contribution < 1.29 is 19.6 Å². The first-order valence-electron chi connectivity index (χ1n) is 11.3. The molecule has 0 aromatic heterocycles. The molecule has 0 radical (unpaired) electrons. The maximum atomic E-state index is 12.8. The molecule has 178 valence electrons. The topological polar surface area (TPSA) is 98.7 Å². The van der Waals surface area contributed by atoms with Gasteiger partial charge in [0.05, 0.1) is 18.6 Å². The van der Waals surface area contributed by atoms with E-state index in [1.807, 2.05) is 37.3 Å². The van der Waals surface area contributed by atoms with Gasteiger partial charge < -0.3 is 10.6 Å². The van der Waals surface area contributed by atoms with Gasteiger partial charge in [-0.25, -0.2) is 5.06 Å². The molecule has 0 aliphatic carbocycles. The molecule has 0 aliphatic rings. The number of carbonyl (C=O) groups excluding carboxylic acids is 3. The van der Waals surface area contributed by atoms with E-state index in [0.29, 0.717) is 29.9 Å². The minimum Gasteiger partial charge on any atom is -0.338 e. The number of carbonyl (C=O) groups is 3. The highest BCUT2D eigenvalue weighted by molar-refractivity contribution is 7.80. The van der Waals surface area contributed by atoms with Crippen LogP contribution in [-0.4, -0.2) is 41.2 Å². The van der Waals surface area contributed by atoms with Crippen molar-refractivity contribution in [3.63, 3.8) is 0 Å². The highest BCUT2D eigenvalue weighted by Crippen LogP contribution is 2.23. The first-order chi connectivity index (χ1) is 15.9. The Morgan fingerprint density at radius 2 is 1.76 bits per heavy atom. The van der Waals surface area contributed by atoms with Gasteiger partial charge in [-0.3, -0.25) is 19.6 Å². The molecule has 2 rings (SSSR count). The number of benzene rings is 2. The summed E-state index contributed by atoms with van der Waals surface area (Å²) in [5, 5.41) is 15.9. The van der Waals surface area contributed by atoms with Crippen molar-refractivity contribution in [1.82, 2.24) is 15.7 Å². The summed E-state index contributed by atoms with van der Waals surface area (Å²) >= 11 is 4.36. The molecule has 7 nitrogen and oxygen atoms in total. The zero-order valence-corrected chi connectivity index (χ0v) is 20.1. The number of amides is 3. The van der Waals surface area contributed by atoms with Gasteiger partial charge in [0, 0.05) is 10.5 Å². The summed E-state index contributed by atoms with van der Waals surface area (Å²) in [6, 6.07) is 14.3. The number of hydrogen-bond donors (Lipinski definition) is 4. The third kappa shape index (κ3) is 7.91. The molecule has 0 aliphatic heterocycles. The molecule has 8 heteroatoms. The molecule has 3 amide bonds. The van der Waals surface area contributed by atoms with Crippen molar-refractivity contribution in [3.05, 3.63) is 54.1 Å². The molecule has 0 unspecified atom stereocenters. The Hall–Kier alpha value is -2.84. The monoisotopic (exact) mass is 471 g/mol. The van der Waals surface area contributed by atoms with Crippen molar-refractivity contribution in [2.24, 2.45) is 5.92 Å². The van der Waals surface area contributed by atoms with Crippen LogP contribution in [0.15, 0.2) is 53.4 Å². The minimum absolute atomic E-state index is 0.0543. The van der Waals surface area contributed by atoms with Crippen LogP contribution < -0.4 is 10.6 Å². The number of hydrogen-bond acceptors (Lipinski definition) is 5. The van der Waals surface area contributed by atoms with E-state index < -0.39 is 12.0 Å². The van der Waals surface area contributed by atoms with E-state index in [1.165, 1.54) is 0 Å². The average molecular weight is 472 g/mol. The predicted molar refractivity (Wildman–Crippen MR) is 131 cm³/mol. The second-order valence-corrected chi connectivity index (χ2v) is 8.43. The summed E-state index contributed by atoms with van der Waals surface area (Å²) in [4.78, 5) is 37.3. The number of unbranched alkanes of at least 4 members (excludes halogenated alkanes) is 2. The van der Waals surface area contributed by atoms with Crippen LogP contribution in [-0.2, 0) is 9.59 Å². The van der Waals surface area contributed by atoms with Crippen LogP contribution in [0.25, 0.3) is 11.1 Å². The van der Waals surface area contributed by atoms with Crippen LogP contribution in [0.1, 0.15) is 56.3 Å². The standard InChI is InChI=1S/C25H33N3O4S/c1-3-5-6-13-22(23(4-2)28(32)17-29)25(31)27-16-26-24(30)20-11-7-9-18(14-20)19-10-8-12-21(33)15-19/h7-12,14-15,17,22-23,32-33H,3-6,13,16H2,1-2H3,(H,26,30)(H,27,31)/t22-,23-/m1/s1. The fourth-order valence-corrected chi connectivity index (χ4v) is 4.04. The smallest absolute Gasteiger partial charge is 0.252 e. The van der Waals surface area contributed by atoms with E-state index in [4.69, 9.17) is 0 Å². The van der Waals surface area contributed by atoms with Gasteiger partial charge in [-0.2, -0.15) is 0 Å². The molecule has 3 N–H and O–H groups in total. The third-order valence-electron chi connectivity index (χ3n) is 5.60. The van der Waals surface area contributed by atoms with E-state index in [-0.39, 0.29) is 18.5 Å². The summed E-state index contributed by atoms with van der Waals surface area (Å²) in [6.07, 6.45) is 4.07. The average Bonchev–Trinajstić information content (AvgIpc) is 2.83. The van der Waals surface area contributed by atoms with Gasteiger partial charge >= 0.3 is 0 Å². The van der Waals surface area contributed by atoms with Gasteiger partial charge in [0.1, 0.15) is 0 Å². The Labute approximate surface area is 200 Å². The molecule has 33 heavy (non-hydrogen) atoms. The van der Waals surface area contributed by atoms with Crippen molar-refractivity contribution >= 4 is 30.9 Å². The maximum Gasteiger partial charge on any atom is 0.252 e. The Morgan fingerprint density at radius 1 is 1.06 bits per heavy atom. The molecule has 0 spiro atoms. The molecule has 0 saturated heterocycles. The molecule has 2 atom stereocenters. The molecule has 2 aromatic carbocycles. The minimum atomic E-state index is -0.616. The van der Waals surface area contributed by atoms with E-state index in [9.17, 15) is 19.6 Å². The van der Waals surface area contributed by atoms with Crippen LogP contribution in [0, 0.1) is 5.92 Å². The summed E-state index contributed by atoms with van der Waals surface area (Å²) in [5.41, 5.74) is 2.32. The first-order valence-corrected chi connectivity index (χ1v) is 11.7. The third-order valence-corrected chi connectivity index (χ3v) is 5.88. The van der Waals surface area contributed by atoms with Crippen molar-refractivity contribution in [2.75, 3.05) is 6.67 Å². The van der Waals surface area contributed by atoms with E-state index >= 15 is 0 Å². The van der Waals surface area contributed by atoms with Crippen LogP contribution in [0.2, 0.25) is 0 Å². The molecule has 0 bridgehead atoms. The largest absolute Gasteiger partial charge is 0.338 e. The zero-order chi connectivity index (χ0) is 24.2. The summed E-state index contributed by atoms with van der Waals surface area (Å²) in [6.45, 7) is 3.83. The number of hydroxylamine groups is 2. The summed E-state index contributed by atoms with van der Waals surface area (Å²) in [7, 11) is 0. The fraction of sp³-hybridized carbons (Fsp3) is 0.400. The van der Waals surface area contributed by atoms with Crippen LogP contribution >= 0.6 is 12.6 Å². The molecule has 2 aromatic rings. The van der Waals surface area contributed by atoms with Crippen LogP contribution in [0.3, 0.4) is 0 Å². The van der Waals surface area contributed by atoms with Crippen molar-refractivity contribution in [1.29, 1.82) is 0 Å². The zero-order valence-electron chi connectivity index (χ0n) is 19.2. The van der Waals surface area contributed by atoms with Crippen LogP contribution in [0.4, 0.5) is 0 Å².